The molecule has 44 heavy (non-hydrogen) atoms. The predicted molar refractivity (Wildman–Crippen MR) is 183 cm³/mol. The van der Waals surface area contributed by atoms with Crippen molar-refractivity contribution >= 4 is 76.0 Å². The maximum absolute atomic E-state index is 13.9. The van der Waals surface area contributed by atoms with Crippen LogP contribution in [-0.4, -0.2) is 124 Å². The second kappa shape index (κ2) is 11.4. The van der Waals surface area contributed by atoms with Gasteiger partial charge in [-0.25, -0.2) is 9.97 Å². The van der Waals surface area contributed by atoms with Crippen molar-refractivity contribution in [2.45, 2.75) is 28.8 Å². The zero-order valence-corrected chi connectivity index (χ0v) is 26.4. The summed E-state index contributed by atoms with van der Waals surface area (Å²) in [5.74, 6) is 6.61. The Hall–Kier alpha value is -4.16. The normalized spacial score (nSPS) is 22.4. The third kappa shape index (κ3) is 5.26. The van der Waals surface area contributed by atoms with Gasteiger partial charge >= 0.3 is 0 Å². The SMILES string of the molecule is BC1(B)N(C)C(B)(B)C(B)(O)N(C(=O)c2ccc(Nc3cc(Oc4cnc(C#N)cc4C)nc(NC)c3NN)nc2)C1(B)O. The van der Waals surface area contributed by atoms with Gasteiger partial charge in [0.1, 0.15) is 65.9 Å². The van der Waals surface area contributed by atoms with Crippen LogP contribution in [0.15, 0.2) is 36.7 Å². The molecule has 2 unspecified atom stereocenters. The van der Waals surface area contributed by atoms with Gasteiger partial charge in [-0.2, -0.15) is 10.2 Å². The molecule has 0 bridgehead atoms. The summed E-state index contributed by atoms with van der Waals surface area (Å²) in [4.78, 5) is 29.9. The summed E-state index contributed by atoms with van der Waals surface area (Å²) >= 11 is 0. The van der Waals surface area contributed by atoms with Crippen LogP contribution in [0.2, 0.25) is 0 Å². The molecular weight excluding hydrogens is 557 g/mol. The average molecular weight is 591 g/mol. The standard InChI is InChI=1S/C24H34B6N10O4/c1-11-6-13(8-31)34-10-15(11)44-17-7-14(18(38-32)19(33-2)37-17)36-16-5-4-12(9-35-16)20(41)40-23(29,42)21(25,26)39(3)22(27,28)24(40,30)43/h4-7,9-10,38,42-43H,25-30,32H2,1-3H3,(H2,33,35,36,37). The monoisotopic (exact) mass is 592 g/mol. The van der Waals surface area contributed by atoms with E-state index in [0.29, 0.717) is 34.3 Å². The minimum Gasteiger partial charge on any atom is -0.437 e. The summed E-state index contributed by atoms with van der Waals surface area (Å²) < 4.78 is 5.97. The lowest BCUT2D eigenvalue weighted by Crippen LogP contribution is -2.91. The fourth-order valence-electron chi connectivity index (χ4n) is 5.39. The first-order valence-electron chi connectivity index (χ1n) is 13.9. The number of nitrogens with two attached hydrogens (primary N) is 1. The number of carbonyl (C=O) groups is 1. The number of amides is 1. The maximum atomic E-state index is 13.9. The minimum absolute atomic E-state index is 0.169. The van der Waals surface area contributed by atoms with Gasteiger partial charge in [0.05, 0.1) is 17.4 Å². The highest BCUT2D eigenvalue weighted by Gasteiger charge is 2.65. The van der Waals surface area contributed by atoms with Gasteiger partial charge in [-0.3, -0.25) is 15.5 Å². The Morgan fingerprint density at radius 1 is 1.07 bits per heavy atom. The number of carbonyl (C=O) groups excluding carboxylic acids is 1. The molecule has 0 aliphatic carbocycles. The molecule has 0 radical (unpaired) electrons. The Morgan fingerprint density at radius 2 is 1.70 bits per heavy atom. The van der Waals surface area contributed by atoms with Crippen LogP contribution in [0.4, 0.5) is 23.0 Å². The number of aliphatic hydroxyl groups is 2. The topological polar surface area (TPSA) is 198 Å². The molecule has 0 spiro atoms. The van der Waals surface area contributed by atoms with E-state index >= 15 is 0 Å². The number of nitrogen functional groups attached to an aromatic ring is 1. The van der Waals surface area contributed by atoms with Crippen LogP contribution >= 0.6 is 0 Å². The van der Waals surface area contributed by atoms with Crippen LogP contribution in [0.1, 0.15) is 21.6 Å². The Labute approximate surface area is 261 Å². The second-order valence-electron chi connectivity index (χ2n) is 12.1. The first kappa shape index (κ1) is 32.7. The van der Waals surface area contributed by atoms with Crippen LogP contribution in [0, 0.1) is 18.3 Å². The second-order valence-corrected chi connectivity index (χ2v) is 12.1. The molecular formula is C24H34B6N10O4. The Bertz CT molecular complexity index is 1610. The number of likely N-dealkylation sites (N-methyl/N-ethyl adjacent to an activating group) is 1. The first-order chi connectivity index (χ1) is 20.4. The van der Waals surface area contributed by atoms with Crippen molar-refractivity contribution in [3.8, 4) is 17.7 Å². The largest absolute Gasteiger partial charge is 0.437 e. The number of piperazine rings is 1. The number of hydrogen-bond donors (Lipinski definition) is 6. The first-order valence-corrected chi connectivity index (χ1v) is 13.9. The van der Waals surface area contributed by atoms with E-state index in [9.17, 15) is 15.0 Å². The summed E-state index contributed by atoms with van der Waals surface area (Å²) in [6.07, 6.45) is 2.82. The molecule has 3 aromatic rings. The summed E-state index contributed by atoms with van der Waals surface area (Å²) in [6, 6.07) is 8.36. The average Bonchev–Trinajstić information content (AvgIpc) is 2.96. The molecule has 1 fully saturated rings. The Balaban J connectivity index is 1.66. The molecule has 1 saturated heterocycles. The quantitative estimate of drug-likeness (QED) is 0.0867. The number of ether oxygens (including phenoxy) is 1. The fourth-order valence-corrected chi connectivity index (χ4v) is 5.39. The molecule has 222 valence electrons. The predicted octanol–water partition coefficient (Wildman–Crippen LogP) is -5.30. The summed E-state index contributed by atoms with van der Waals surface area (Å²) in [7, 11) is 13.8. The lowest BCUT2D eigenvalue weighted by molar-refractivity contribution is -0.211. The molecule has 1 amide bonds. The summed E-state index contributed by atoms with van der Waals surface area (Å²) in [5.41, 5.74) is 1.16. The molecule has 1 aliphatic rings. The van der Waals surface area contributed by atoms with Gasteiger partial charge < -0.3 is 35.9 Å². The number of pyridine rings is 3. The third-order valence-corrected chi connectivity index (χ3v) is 9.11. The molecule has 0 saturated carbocycles. The van der Waals surface area contributed by atoms with E-state index in [-0.39, 0.29) is 17.1 Å². The van der Waals surface area contributed by atoms with Crippen LogP contribution in [0.5, 0.6) is 11.6 Å². The minimum atomic E-state index is -1.74. The van der Waals surface area contributed by atoms with Crippen molar-refractivity contribution in [2.24, 2.45) is 5.84 Å². The van der Waals surface area contributed by atoms with Crippen LogP contribution in [-0.2, 0) is 0 Å². The van der Waals surface area contributed by atoms with E-state index in [1.54, 1.807) is 38.2 Å². The number of rotatable bonds is 7. The van der Waals surface area contributed by atoms with Gasteiger partial charge in [-0.05, 0) is 48.4 Å². The van der Waals surface area contributed by atoms with Gasteiger partial charge in [-0.15, -0.1) is 0 Å². The fraction of sp³-hybridized carbons (Fsp3) is 0.292. The molecule has 0 aromatic carbocycles. The van der Waals surface area contributed by atoms with Crippen molar-refractivity contribution in [1.82, 2.24) is 24.8 Å². The molecule has 1 aliphatic heterocycles. The van der Waals surface area contributed by atoms with Gasteiger partial charge in [0.15, 0.2) is 27.3 Å². The molecule has 4 rings (SSSR count). The van der Waals surface area contributed by atoms with Gasteiger partial charge in [-0.1, -0.05) is 0 Å². The number of nitrogens with one attached hydrogen (secondary N) is 3. The lowest BCUT2D eigenvalue weighted by atomic mass is 9.38. The molecule has 7 N–H and O–H groups in total. The number of hydrazine groups is 1. The number of hydrogen-bond acceptors (Lipinski definition) is 13. The number of nitriles is 1. The number of anilines is 4. The van der Waals surface area contributed by atoms with E-state index < -0.39 is 27.8 Å². The highest BCUT2D eigenvalue weighted by molar-refractivity contribution is 6.50. The summed E-state index contributed by atoms with van der Waals surface area (Å²) in [5, 5.41) is 36.8. The van der Waals surface area contributed by atoms with E-state index in [1.165, 1.54) is 28.1 Å². The maximum Gasteiger partial charge on any atom is 0.258 e. The Kier molecular flexibility index (Phi) is 8.49. The van der Waals surface area contributed by atoms with Crippen LogP contribution in [0.3, 0.4) is 0 Å². The van der Waals surface area contributed by atoms with Crippen molar-refractivity contribution in [3.05, 3.63) is 53.5 Å². The van der Waals surface area contributed by atoms with E-state index in [4.69, 9.17) is 15.8 Å². The van der Waals surface area contributed by atoms with E-state index in [2.05, 4.69) is 31.0 Å². The number of aromatic nitrogens is 3. The third-order valence-electron chi connectivity index (χ3n) is 9.11. The number of nitrogens with zero attached hydrogens (tertiary/aromatic N) is 6. The van der Waals surface area contributed by atoms with Crippen molar-refractivity contribution in [1.29, 1.82) is 5.26 Å². The van der Waals surface area contributed by atoms with Crippen molar-refractivity contribution in [3.63, 3.8) is 0 Å². The lowest BCUT2D eigenvalue weighted by Gasteiger charge is -2.70. The van der Waals surface area contributed by atoms with Crippen molar-refractivity contribution in [2.75, 3.05) is 30.2 Å². The van der Waals surface area contributed by atoms with Crippen LogP contribution in [0.25, 0.3) is 0 Å². The highest BCUT2D eigenvalue weighted by Crippen LogP contribution is 2.42. The molecule has 20 heteroatoms. The van der Waals surface area contributed by atoms with Crippen LogP contribution < -0.4 is 26.6 Å². The van der Waals surface area contributed by atoms with E-state index in [1.807, 2.05) is 49.4 Å². The smallest absolute Gasteiger partial charge is 0.258 e. The molecule has 3 aromatic heterocycles. The zero-order valence-electron chi connectivity index (χ0n) is 26.4. The summed E-state index contributed by atoms with van der Waals surface area (Å²) in [6.45, 7) is 1.79. The van der Waals surface area contributed by atoms with Gasteiger partial charge in [0.2, 0.25) is 5.88 Å². The zero-order chi connectivity index (χ0) is 32.8. The van der Waals surface area contributed by atoms with Crippen molar-refractivity contribution < 1.29 is 19.7 Å². The number of aryl methyl sites for hydroxylation is 1. The molecule has 14 nitrogen and oxygen atoms in total. The molecule has 4 heterocycles. The van der Waals surface area contributed by atoms with E-state index in [0.717, 1.165) is 4.90 Å². The highest BCUT2D eigenvalue weighted by atomic mass is 16.5. The van der Waals surface area contributed by atoms with Gasteiger partial charge in [0.25, 0.3) is 5.91 Å². The Morgan fingerprint density at radius 3 is 2.20 bits per heavy atom. The van der Waals surface area contributed by atoms with Gasteiger partial charge in [0, 0.05) is 19.3 Å². The molecule has 2 atom stereocenters.